The van der Waals surface area contributed by atoms with Gasteiger partial charge in [-0.15, -0.1) is 5.10 Å². The maximum absolute atomic E-state index is 12.0. The van der Waals surface area contributed by atoms with Crippen LogP contribution < -0.4 is 5.32 Å². The molecule has 0 unspecified atom stereocenters. The zero-order valence-corrected chi connectivity index (χ0v) is 16.5. The Morgan fingerprint density at radius 1 is 1.31 bits per heavy atom. The van der Waals surface area contributed by atoms with E-state index in [1.807, 2.05) is 24.4 Å². The molecule has 1 fully saturated rings. The summed E-state index contributed by atoms with van der Waals surface area (Å²) in [6.07, 6.45) is 7.55. The van der Waals surface area contributed by atoms with Gasteiger partial charge < -0.3 is 10.1 Å². The van der Waals surface area contributed by atoms with Gasteiger partial charge in [0.1, 0.15) is 0 Å². The zero-order chi connectivity index (χ0) is 19.8. The maximum atomic E-state index is 12.0. The van der Waals surface area contributed by atoms with Crippen molar-refractivity contribution < 1.29 is 9.53 Å². The Morgan fingerprint density at radius 3 is 2.93 bits per heavy atom. The summed E-state index contributed by atoms with van der Waals surface area (Å²) in [5.74, 6) is 0.0302. The van der Waals surface area contributed by atoms with Gasteiger partial charge in [-0.25, -0.2) is 14.3 Å². The molecule has 0 atom stereocenters. The van der Waals surface area contributed by atoms with Crippen LogP contribution in [0.25, 0.3) is 16.2 Å². The van der Waals surface area contributed by atoms with E-state index >= 15 is 0 Å². The molecule has 5 rings (SSSR count). The third-order valence-electron chi connectivity index (χ3n) is 4.77. The summed E-state index contributed by atoms with van der Waals surface area (Å²) in [7, 11) is 1.40. The van der Waals surface area contributed by atoms with Crippen molar-refractivity contribution in [1.82, 2.24) is 24.6 Å². The van der Waals surface area contributed by atoms with Gasteiger partial charge in [-0.05, 0) is 37.1 Å². The second kappa shape index (κ2) is 7.25. The number of rotatable bonds is 6. The fourth-order valence-corrected chi connectivity index (χ4v) is 3.93. The van der Waals surface area contributed by atoms with Crippen molar-refractivity contribution in [1.29, 1.82) is 0 Å². The van der Waals surface area contributed by atoms with Gasteiger partial charge in [0.05, 0.1) is 42.5 Å². The molecule has 9 heteroatoms. The van der Waals surface area contributed by atoms with E-state index in [9.17, 15) is 4.79 Å². The highest BCUT2D eigenvalue weighted by Crippen LogP contribution is 2.40. The Morgan fingerprint density at radius 2 is 2.21 bits per heavy atom. The number of imidazole rings is 1. The smallest absolute Gasteiger partial charge is 0.339 e. The SMILES string of the molecule is COC(=O)c1ccc(CNc2nn3cc(-c4cccnc4)nc3s2)nc1C1CC1. The van der Waals surface area contributed by atoms with Crippen molar-refractivity contribution in [3.63, 3.8) is 0 Å². The van der Waals surface area contributed by atoms with E-state index in [1.165, 1.54) is 18.4 Å². The molecule has 1 aliphatic rings. The highest BCUT2D eigenvalue weighted by atomic mass is 32.1. The summed E-state index contributed by atoms with van der Waals surface area (Å²) < 4.78 is 6.64. The minimum Gasteiger partial charge on any atom is -0.465 e. The molecule has 4 heterocycles. The number of methoxy groups -OCH3 is 1. The van der Waals surface area contributed by atoms with E-state index in [0.29, 0.717) is 18.0 Å². The van der Waals surface area contributed by atoms with Crippen LogP contribution in [0, 0.1) is 0 Å². The summed E-state index contributed by atoms with van der Waals surface area (Å²) in [6.45, 7) is 0.521. The number of carbonyl (C=O) groups is 1. The van der Waals surface area contributed by atoms with Crippen LogP contribution >= 0.6 is 11.3 Å². The molecule has 0 aromatic carbocycles. The summed E-state index contributed by atoms with van der Waals surface area (Å²) in [6, 6.07) is 7.51. The number of anilines is 1. The van der Waals surface area contributed by atoms with Gasteiger partial charge in [0.25, 0.3) is 0 Å². The lowest BCUT2D eigenvalue weighted by atomic mass is 10.1. The predicted molar refractivity (Wildman–Crippen MR) is 109 cm³/mol. The van der Waals surface area contributed by atoms with Crippen LogP contribution in [-0.4, -0.2) is 37.6 Å². The number of nitrogens with zero attached hydrogens (tertiary/aromatic N) is 5. The largest absolute Gasteiger partial charge is 0.465 e. The van der Waals surface area contributed by atoms with Crippen LogP contribution in [0.4, 0.5) is 5.13 Å². The van der Waals surface area contributed by atoms with Crippen molar-refractivity contribution in [3.05, 3.63) is 59.8 Å². The molecular formula is C20H18N6O2S. The molecule has 0 amide bonds. The number of hydrogen-bond acceptors (Lipinski definition) is 8. The minimum atomic E-state index is -0.329. The molecule has 0 saturated heterocycles. The molecule has 4 aromatic heterocycles. The molecule has 0 radical (unpaired) electrons. The van der Waals surface area contributed by atoms with Crippen molar-refractivity contribution in [2.24, 2.45) is 0 Å². The topological polar surface area (TPSA) is 94.3 Å². The van der Waals surface area contributed by atoms with Crippen molar-refractivity contribution in [3.8, 4) is 11.3 Å². The zero-order valence-electron chi connectivity index (χ0n) is 15.7. The van der Waals surface area contributed by atoms with Crippen LogP contribution in [0.5, 0.6) is 0 Å². The normalized spacial score (nSPS) is 13.6. The highest BCUT2D eigenvalue weighted by Gasteiger charge is 2.30. The third-order valence-corrected chi connectivity index (χ3v) is 5.65. The van der Waals surface area contributed by atoms with Gasteiger partial charge in [0.15, 0.2) is 0 Å². The molecule has 146 valence electrons. The molecule has 8 nitrogen and oxygen atoms in total. The van der Waals surface area contributed by atoms with Gasteiger partial charge >= 0.3 is 5.97 Å². The van der Waals surface area contributed by atoms with E-state index < -0.39 is 0 Å². The molecule has 1 N–H and O–H groups in total. The summed E-state index contributed by atoms with van der Waals surface area (Å²) >= 11 is 1.47. The second-order valence-corrected chi connectivity index (χ2v) is 7.81. The first-order chi connectivity index (χ1) is 14.2. The van der Waals surface area contributed by atoms with Crippen LogP contribution in [0.15, 0.2) is 42.9 Å². The number of carbonyl (C=O) groups excluding carboxylic acids is 1. The first kappa shape index (κ1) is 17.7. The van der Waals surface area contributed by atoms with Gasteiger partial charge in [0, 0.05) is 23.9 Å². The minimum absolute atomic E-state index is 0.329. The molecule has 0 spiro atoms. The van der Waals surface area contributed by atoms with Crippen LogP contribution in [0.3, 0.4) is 0 Å². The van der Waals surface area contributed by atoms with Crippen LogP contribution in [0.1, 0.15) is 40.5 Å². The quantitative estimate of drug-likeness (QED) is 0.490. The standard InChI is InChI=1S/C20H18N6O2S/c1-28-18(27)15-7-6-14(23-17(15)12-4-5-12)10-22-19-25-26-11-16(24-20(26)29-19)13-3-2-8-21-9-13/h2-3,6-9,11-12H,4-5,10H2,1H3,(H,22,25). The van der Waals surface area contributed by atoms with Gasteiger partial charge in [-0.1, -0.05) is 11.3 Å². The van der Waals surface area contributed by atoms with Crippen LogP contribution in [0.2, 0.25) is 0 Å². The fourth-order valence-electron chi connectivity index (χ4n) is 3.16. The number of pyridine rings is 2. The summed E-state index contributed by atoms with van der Waals surface area (Å²) in [5.41, 5.74) is 4.07. The van der Waals surface area contributed by atoms with Gasteiger partial charge in [0.2, 0.25) is 10.1 Å². The van der Waals surface area contributed by atoms with Crippen LogP contribution in [-0.2, 0) is 11.3 Å². The average molecular weight is 406 g/mol. The van der Waals surface area contributed by atoms with Gasteiger partial charge in [-0.3, -0.25) is 9.97 Å². The fraction of sp³-hybridized carbons (Fsp3) is 0.250. The van der Waals surface area contributed by atoms with E-state index in [1.54, 1.807) is 23.0 Å². The molecule has 0 aliphatic heterocycles. The Bertz CT molecular complexity index is 1150. The Labute approximate surface area is 170 Å². The lowest BCUT2D eigenvalue weighted by Gasteiger charge is -2.09. The molecule has 4 aromatic rings. The number of fused-ring (bicyclic) bond motifs is 1. The number of ether oxygens (including phenoxy) is 1. The molecular weight excluding hydrogens is 388 g/mol. The first-order valence-electron chi connectivity index (χ1n) is 9.30. The van der Waals surface area contributed by atoms with E-state index in [0.717, 1.165) is 45.6 Å². The van der Waals surface area contributed by atoms with E-state index in [2.05, 4.69) is 20.4 Å². The number of nitrogens with one attached hydrogen (secondary N) is 1. The Hall–Kier alpha value is -3.33. The molecule has 29 heavy (non-hydrogen) atoms. The predicted octanol–water partition coefficient (Wildman–Crippen LogP) is 3.52. The summed E-state index contributed by atoms with van der Waals surface area (Å²) in [4.78, 5) is 26.2. The summed E-state index contributed by atoms with van der Waals surface area (Å²) in [5, 5.41) is 8.60. The number of esters is 1. The molecule has 0 bridgehead atoms. The van der Waals surface area contributed by atoms with E-state index in [4.69, 9.17) is 9.72 Å². The Kier molecular flexibility index (Phi) is 4.44. The van der Waals surface area contributed by atoms with Gasteiger partial charge in [-0.2, -0.15) is 0 Å². The van der Waals surface area contributed by atoms with Crippen molar-refractivity contribution in [2.45, 2.75) is 25.3 Å². The average Bonchev–Trinajstić information content (AvgIpc) is 3.43. The lowest BCUT2D eigenvalue weighted by Crippen LogP contribution is -2.10. The monoisotopic (exact) mass is 406 g/mol. The van der Waals surface area contributed by atoms with Crippen molar-refractivity contribution in [2.75, 3.05) is 12.4 Å². The maximum Gasteiger partial charge on any atom is 0.339 e. The number of aromatic nitrogens is 5. The number of hydrogen-bond donors (Lipinski definition) is 1. The third kappa shape index (κ3) is 3.56. The highest BCUT2D eigenvalue weighted by molar-refractivity contribution is 7.20. The lowest BCUT2D eigenvalue weighted by molar-refractivity contribution is 0.0598. The van der Waals surface area contributed by atoms with E-state index in [-0.39, 0.29) is 5.97 Å². The second-order valence-electron chi connectivity index (χ2n) is 6.86. The Balaban J connectivity index is 1.32. The first-order valence-corrected chi connectivity index (χ1v) is 10.1. The van der Waals surface area contributed by atoms with Crippen molar-refractivity contribution >= 4 is 27.4 Å². The molecule has 1 aliphatic carbocycles. The molecule has 1 saturated carbocycles.